The average Bonchev–Trinajstić information content (AvgIpc) is 2.67. The van der Waals surface area contributed by atoms with E-state index in [4.69, 9.17) is 21.1 Å². The van der Waals surface area contributed by atoms with Crippen LogP contribution < -0.4 is 14.8 Å². The van der Waals surface area contributed by atoms with Crippen molar-refractivity contribution in [3.05, 3.63) is 53.1 Å². The predicted molar refractivity (Wildman–Crippen MR) is 99.1 cm³/mol. The van der Waals surface area contributed by atoms with Gasteiger partial charge in [0.05, 0.1) is 30.5 Å². The van der Waals surface area contributed by atoms with Crippen LogP contribution in [0.1, 0.15) is 23.7 Å². The number of anilines is 1. The smallest absolute Gasteiger partial charge is 0.337 e. The predicted octanol–water partition coefficient (Wildman–Crippen LogP) is 3.93. The van der Waals surface area contributed by atoms with Crippen molar-refractivity contribution in [1.29, 1.82) is 0 Å². The number of methoxy groups -OCH3 is 2. The van der Waals surface area contributed by atoms with Gasteiger partial charge in [0, 0.05) is 6.07 Å². The molecule has 0 aliphatic heterocycles. The maximum atomic E-state index is 12.6. The highest BCUT2D eigenvalue weighted by molar-refractivity contribution is 6.33. The van der Waals surface area contributed by atoms with Crippen LogP contribution in [0.3, 0.4) is 0 Å². The third-order valence-electron chi connectivity index (χ3n) is 3.63. The van der Waals surface area contributed by atoms with Crippen LogP contribution in [-0.4, -0.2) is 32.2 Å². The molecule has 2 aromatic carbocycles. The number of hydrogen-bond acceptors (Lipinski definition) is 5. The lowest BCUT2D eigenvalue weighted by Crippen LogP contribution is -2.32. The largest absolute Gasteiger partial charge is 0.497 e. The SMILES string of the molecule is CC[C@H](Oc1cccc(OC)c1)C(=O)Nc1cc(C(=O)OC)ccc1Cl. The molecular formula is C19H20ClNO5. The Morgan fingerprint density at radius 1 is 1.12 bits per heavy atom. The van der Waals surface area contributed by atoms with E-state index in [-0.39, 0.29) is 11.5 Å². The highest BCUT2D eigenvalue weighted by atomic mass is 35.5. The second-order valence-corrected chi connectivity index (χ2v) is 5.78. The molecule has 1 atom stereocenters. The zero-order valence-corrected chi connectivity index (χ0v) is 15.5. The Labute approximate surface area is 157 Å². The summed E-state index contributed by atoms with van der Waals surface area (Å²) >= 11 is 6.11. The van der Waals surface area contributed by atoms with Gasteiger partial charge in [-0.1, -0.05) is 24.6 Å². The molecule has 0 saturated carbocycles. The van der Waals surface area contributed by atoms with Crippen LogP contribution in [0, 0.1) is 0 Å². The molecule has 0 bridgehead atoms. The first-order chi connectivity index (χ1) is 12.5. The number of carbonyl (C=O) groups excluding carboxylic acids is 2. The van der Waals surface area contributed by atoms with E-state index in [1.54, 1.807) is 31.4 Å². The van der Waals surface area contributed by atoms with Crippen LogP contribution in [0.25, 0.3) is 0 Å². The molecule has 0 fully saturated rings. The van der Waals surface area contributed by atoms with Gasteiger partial charge in [-0.25, -0.2) is 4.79 Å². The topological polar surface area (TPSA) is 73.9 Å². The summed E-state index contributed by atoms with van der Waals surface area (Å²) in [5, 5.41) is 3.00. The first-order valence-corrected chi connectivity index (χ1v) is 8.35. The van der Waals surface area contributed by atoms with Crippen molar-refractivity contribution in [3.63, 3.8) is 0 Å². The summed E-state index contributed by atoms with van der Waals surface area (Å²) in [4.78, 5) is 24.2. The minimum atomic E-state index is -0.736. The average molecular weight is 378 g/mol. The zero-order chi connectivity index (χ0) is 19.1. The Morgan fingerprint density at radius 3 is 2.50 bits per heavy atom. The molecule has 0 radical (unpaired) electrons. The minimum absolute atomic E-state index is 0.286. The number of benzene rings is 2. The van der Waals surface area contributed by atoms with E-state index < -0.39 is 12.1 Å². The number of rotatable bonds is 7. The number of amides is 1. The van der Waals surface area contributed by atoms with Gasteiger partial charge < -0.3 is 19.5 Å². The van der Waals surface area contributed by atoms with E-state index in [9.17, 15) is 9.59 Å². The molecule has 2 rings (SSSR count). The van der Waals surface area contributed by atoms with E-state index in [0.717, 1.165) is 0 Å². The van der Waals surface area contributed by atoms with Crippen LogP contribution in [0.5, 0.6) is 11.5 Å². The maximum absolute atomic E-state index is 12.6. The Bertz CT molecular complexity index is 793. The van der Waals surface area contributed by atoms with Crippen molar-refractivity contribution < 1.29 is 23.8 Å². The molecule has 0 aromatic heterocycles. The molecule has 6 nitrogen and oxygen atoms in total. The van der Waals surface area contributed by atoms with E-state index in [1.807, 2.05) is 6.92 Å². The van der Waals surface area contributed by atoms with E-state index in [1.165, 1.54) is 25.3 Å². The van der Waals surface area contributed by atoms with Gasteiger partial charge in [-0.2, -0.15) is 0 Å². The van der Waals surface area contributed by atoms with Crippen LogP contribution in [0.2, 0.25) is 5.02 Å². The molecule has 0 heterocycles. The lowest BCUT2D eigenvalue weighted by atomic mass is 10.2. The Hall–Kier alpha value is -2.73. The first kappa shape index (κ1) is 19.6. The summed E-state index contributed by atoms with van der Waals surface area (Å²) in [7, 11) is 2.84. The van der Waals surface area contributed by atoms with Crippen LogP contribution in [0.4, 0.5) is 5.69 Å². The van der Waals surface area contributed by atoms with Crippen molar-refractivity contribution in [3.8, 4) is 11.5 Å². The molecule has 2 aromatic rings. The molecule has 1 N–H and O–H groups in total. The van der Waals surface area contributed by atoms with Gasteiger partial charge in [-0.05, 0) is 36.8 Å². The molecule has 0 spiro atoms. The molecule has 7 heteroatoms. The fourth-order valence-electron chi connectivity index (χ4n) is 2.24. The number of carbonyl (C=O) groups is 2. The Kier molecular flexibility index (Phi) is 6.86. The van der Waals surface area contributed by atoms with Gasteiger partial charge in [0.15, 0.2) is 6.10 Å². The lowest BCUT2D eigenvalue weighted by molar-refractivity contribution is -0.122. The Morgan fingerprint density at radius 2 is 1.85 bits per heavy atom. The Balaban J connectivity index is 2.15. The summed E-state index contributed by atoms with van der Waals surface area (Å²) in [5.74, 6) is 0.253. The molecule has 1 amide bonds. The van der Waals surface area contributed by atoms with E-state index in [0.29, 0.717) is 28.6 Å². The van der Waals surface area contributed by atoms with Gasteiger partial charge >= 0.3 is 5.97 Å². The van der Waals surface area contributed by atoms with Crippen molar-refractivity contribution in [1.82, 2.24) is 0 Å². The van der Waals surface area contributed by atoms with Crippen molar-refractivity contribution in [2.45, 2.75) is 19.4 Å². The molecular weight excluding hydrogens is 358 g/mol. The lowest BCUT2D eigenvalue weighted by Gasteiger charge is -2.18. The third kappa shape index (κ3) is 4.89. The number of hydrogen-bond donors (Lipinski definition) is 1. The summed E-state index contributed by atoms with van der Waals surface area (Å²) < 4.78 is 15.6. The molecule has 0 aliphatic rings. The van der Waals surface area contributed by atoms with Gasteiger partial charge in [0.25, 0.3) is 5.91 Å². The quantitative estimate of drug-likeness (QED) is 0.740. The molecule has 26 heavy (non-hydrogen) atoms. The second-order valence-electron chi connectivity index (χ2n) is 5.37. The van der Waals surface area contributed by atoms with Crippen LogP contribution in [0.15, 0.2) is 42.5 Å². The van der Waals surface area contributed by atoms with Crippen LogP contribution >= 0.6 is 11.6 Å². The van der Waals surface area contributed by atoms with Crippen molar-refractivity contribution in [2.24, 2.45) is 0 Å². The van der Waals surface area contributed by atoms with Crippen molar-refractivity contribution >= 4 is 29.2 Å². The number of ether oxygens (including phenoxy) is 3. The summed E-state index contributed by atoms with van der Waals surface area (Å²) in [5.41, 5.74) is 0.598. The highest BCUT2D eigenvalue weighted by Gasteiger charge is 2.20. The maximum Gasteiger partial charge on any atom is 0.337 e. The molecule has 0 saturated heterocycles. The summed E-state index contributed by atoms with van der Waals surface area (Å²) in [6, 6.07) is 11.5. The molecule has 138 valence electrons. The summed E-state index contributed by atoms with van der Waals surface area (Å²) in [6.45, 7) is 1.83. The first-order valence-electron chi connectivity index (χ1n) is 7.98. The normalized spacial score (nSPS) is 11.4. The fourth-order valence-corrected chi connectivity index (χ4v) is 2.40. The third-order valence-corrected chi connectivity index (χ3v) is 3.96. The van der Waals surface area contributed by atoms with Gasteiger partial charge in [0.1, 0.15) is 11.5 Å². The van der Waals surface area contributed by atoms with Gasteiger partial charge in [-0.3, -0.25) is 4.79 Å². The minimum Gasteiger partial charge on any atom is -0.497 e. The zero-order valence-electron chi connectivity index (χ0n) is 14.7. The van der Waals surface area contributed by atoms with E-state index in [2.05, 4.69) is 10.1 Å². The highest BCUT2D eigenvalue weighted by Crippen LogP contribution is 2.25. The number of nitrogens with one attached hydrogen (secondary N) is 1. The standard InChI is InChI=1S/C19H20ClNO5/c1-4-17(26-14-7-5-6-13(11-14)24-2)18(22)21-16-10-12(19(23)25-3)8-9-15(16)20/h5-11,17H,4H2,1-3H3,(H,21,22)/t17-/m0/s1. The summed E-state index contributed by atoms with van der Waals surface area (Å²) in [6.07, 6.45) is -0.294. The second kappa shape index (κ2) is 9.10. The van der Waals surface area contributed by atoms with Gasteiger partial charge in [0.2, 0.25) is 0 Å². The molecule has 0 aliphatic carbocycles. The van der Waals surface area contributed by atoms with Crippen LogP contribution in [-0.2, 0) is 9.53 Å². The van der Waals surface area contributed by atoms with Gasteiger partial charge in [-0.15, -0.1) is 0 Å². The van der Waals surface area contributed by atoms with E-state index >= 15 is 0 Å². The fraction of sp³-hybridized carbons (Fsp3) is 0.263. The number of halogens is 1. The number of esters is 1. The van der Waals surface area contributed by atoms with Crippen molar-refractivity contribution in [2.75, 3.05) is 19.5 Å². The molecule has 0 unspecified atom stereocenters. The monoisotopic (exact) mass is 377 g/mol.